The zero-order valence-corrected chi connectivity index (χ0v) is 19.0. The summed E-state index contributed by atoms with van der Waals surface area (Å²) >= 11 is 0. The average Bonchev–Trinajstić information content (AvgIpc) is 2.71. The number of amides is 1. The van der Waals surface area contributed by atoms with E-state index in [1.54, 1.807) is 24.8 Å². The summed E-state index contributed by atoms with van der Waals surface area (Å²) in [7, 11) is -3.90. The summed E-state index contributed by atoms with van der Waals surface area (Å²) in [6, 6.07) is 9.01. The quantitative estimate of drug-likeness (QED) is 0.573. The smallest absolute Gasteiger partial charge is 0.340 e. The number of halogens is 1. The van der Waals surface area contributed by atoms with Gasteiger partial charge in [0.25, 0.3) is 0 Å². The highest BCUT2D eigenvalue weighted by Crippen LogP contribution is 2.28. The van der Waals surface area contributed by atoms with E-state index in [4.69, 9.17) is 4.74 Å². The number of nitrogens with zero attached hydrogens (tertiary/aromatic N) is 3. The van der Waals surface area contributed by atoms with Crippen molar-refractivity contribution in [3.63, 3.8) is 0 Å². The molecule has 0 unspecified atom stereocenters. The Morgan fingerprint density at radius 3 is 2.70 bits per heavy atom. The van der Waals surface area contributed by atoms with E-state index in [2.05, 4.69) is 9.71 Å². The Morgan fingerprint density at radius 2 is 2.06 bits per heavy atom. The van der Waals surface area contributed by atoms with Crippen LogP contribution in [0.3, 0.4) is 0 Å². The zero-order valence-electron chi connectivity index (χ0n) is 18.2. The van der Waals surface area contributed by atoms with Crippen molar-refractivity contribution in [3.05, 3.63) is 58.5 Å². The van der Waals surface area contributed by atoms with Crippen LogP contribution in [0.25, 0.3) is 0 Å². The van der Waals surface area contributed by atoms with E-state index in [0.29, 0.717) is 17.1 Å². The number of sulfonamides is 1. The molecule has 174 valence electrons. The molecule has 1 N–H and O–H groups in total. The first-order chi connectivity index (χ1) is 15.6. The number of benzene rings is 1. The molecule has 1 fully saturated rings. The van der Waals surface area contributed by atoms with Gasteiger partial charge in [0.1, 0.15) is 17.7 Å². The number of carbonyl (C=O) groups is 2. The van der Waals surface area contributed by atoms with Gasteiger partial charge in [0.15, 0.2) is 0 Å². The van der Waals surface area contributed by atoms with Gasteiger partial charge >= 0.3 is 5.97 Å². The van der Waals surface area contributed by atoms with Crippen LogP contribution < -0.4 is 9.62 Å². The van der Waals surface area contributed by atoms with Crippen LogP contribution in [0.15, 0.2) is 30.3 Å². The largest absolute Gasteiger partial charge is 0.462 e. The van der Waals surface area contributed by atoms with Crippen LogP contribution in [-0.4, -0.2) is 50.7 Å². The number of aryl methyl sites for hydroxylation is 2. The second-order valence-electron chi connectivity index (χ2n) is 7.59. The fourth-order valence-corrected chi connectivity index (χ4v) is 4.46. The Kier molecular flexibility index (Phi) is 7.28. The number of pyridine rings is 1. The van der Waals surface area contributed by atoms with Crippen molar-refractivity contribution >= 4 is 27.7 Å². The topological polar surface area (TPSA) is 129 Å². The Morgan fingerprint density at radius 1 is 1.33 bits per heavy atom. The van der Waals surface area contributed by atoms with Crippen molar-refractivity contribution in [3.8, 4) is 6.07 Å². The molecule has 11 heteroatoms. The van der Waals surface area contributed by atoms with Crippen molar-refractivity contribution in [1.29, 1.82) is 5.26 Å². The average molecular weight is 475 g/mol. The number of esters is 1. The van der Waals surface area contributed by atoms with Gasteiger partial charge in [-0.2, -0.15) is 5.26 Å². The molecule has 1 amide bonds. The fourth-order valence-electron chi connectivity index (χ4n) is 3.38. The van der Waals surface area contributed by atoms with Crippen molar-refractivity contribution < 1.29 is 27.1 Å². The number of aromatic nitrogens is 1. The number of nitrogens with one attached hydrogen (secondary N) is 1. The minimum atomic E-state index is -3.90. The van der Waals surface area contributed by atoms with Gasteiger partial charge < -0.3 is 9.64 Å². The molecule has 2 heterocycles. The Bertz CT molecular complexity index is 1220. The van der Waals surface area contributed by atoms with E-state index in [-0.39, 0.29) is 43.0 Å². The van der Waals surface area contributed by atoms with E-state index >= 15 is 0 Å². The van der Waals surface area contributed by atoms with Gasteiger partial charge in [-0.25, -0.2) is 22.6 Å². The number of hydrogen-bond acceptors (Lipinski definition) is 8. The van der Waals surface area contributed by atoms with Gasteiger partial charge in [-0.3, -0.25) is 9.52 Å². The third kappa shape index (κ3) is 5.84. The first kappa shape index (κ1) is 24.1. The lowest BCUT2D eigenvalue weighted by atomic mass is 9.98. The summed E-state index contributed by atoms with van der Waals surface area (Å²) in [6.07, 6.45) is 0.0682. The van der Waals surface area contributed by atoms with Crippen LogP contribution in [-0.2, 0) is 26.0 Å². The fraction of sp³-hybridized carbons (Fsp3) is 0.364. The lowest BCUT2D eigenvalue weighted by Crippen LogP contribution is -2.55. The van der Waals surface area contributed by atoms with Crippen molar-refractivity contribution in [1.82, 2.24) is 9.71 Å². The van der Waals surface area contributed by atoms with E-state index in [9.17, 15) is 27.7 Å². The first-order valence-electron chi connectivity index (χ1n) is 10.3. The molecule has 0 saturated carbocycles. The summed E-state index contributed by atoms with van der Waals surface area (Å²) in [5, 5.41) is 9.46. The Balaban J connectivity index is 1.60. The highest BCUT2D eigenvalue weighted by atomic mass is 32.2. The summed E-state index contributed by atoms with van der Waals surface area (Å²) in [5.74, 6) is -2.32. The minimum absolute atomic E-state index is 0.0682. The molecule has 3 rings (SSSR count). The van der Waals surface area contributed by atoms with E-state index < -0.39 is 33.6 Å². The second-order valence-corrected chi connectivity index (χ2v) is 9.43. The molecule has 1 saturated heterocycles. The summed E-state index contributed by atoms with van der Waals surface area (Å²) < 4.78 is 44.8. The summed E-state index contributed by atoms with van der Waals surface area (Å²) in [4.78, 5) is 30.4. The number of rotatable bonds is 8. The van der Waals surface area contributed by atoms with Crippen LogP contribution in [0.1, 0.15) is 34.1 Å². The molecule has 1 aromatic carbocycles. The van der Waals surface area contributed by atoms with Crippen LogP contribution in [0.4, 0.5) is 10.2 Å². The molecular weight excluding hydrogens is 451 g/mol. The number of anilines is 1. The molecule has 1 aliphatic rings. The highest BCUT2D eigenvalue weighted by molar-refractivity contribution is 7.90. The number of carbonyl (C=O) groups excluding carboxylic acids is 2. The summed E-state index contributed by atoms with van der Waals surface area (Å²) in [5.41, 5.74) is 1.25. The predicted octanol–water partition coefficient (Wildman–Crippen LogP) is 1.70. The lowest BCUT2D eigenvalue weighted by molar-refractivity contribution is -0.123. The normalized spacial score (nSPS) is 13.7. The van der Waals surface area contributed by atoms with Crippen LogP contribution >= 0.6 is 0 Å². The van der Waals surface area contributed by atoms with Gasteiger partial charge in [-0.05, 0) is 44.0 Å². The summed E-state index contributed by atoms with van der Waals surface area (Å²) in [6.45, 7) is 3.82. The van der Waals surface area contributed by atoms with Crippen molar-refractivity contribution in [2.24, 2.45) is 5.92 Å². The monoisotopic (exact) mass is 474 g/mol. The van der Waals surface area contributed by atoms with Gasteiger partial charge in [0.05, 0.1) is 35.1 Å². The minimum Gasteiger partial charge on any atom is -0.462 e. The molecule has 1 aliphatic heterocycles. The van der Waals surface area contributed by atoms with Crippen LogP contribution in [0.5, 0.6) is 0 Å². The molecule has 0 atom stereocenters. The SMILES string of the molecule is CCOC(=O)c1cc(C#N)c(N2CC(C(=O)NS(=O)(=O)CCc3cccc(F)c3)C2)nc1C. The number of ether oxygens (including phenoxy) is 1. The van der Waals surface area contributed by atoms with Crippen molar-refractivity contribution in [2.45, 2.75) is 20.3 Å². The van der Waals surface area contributed by atoms with Gasteiger partial charge in [-0.15, -0.1) is 0 Å². The standard InChI is InChI=1S/C22H23FN4O5S/c1-3-32-22(29)19-10-16(11-24)20(25-14(19)2)27-12-17(13-27)21(28)26-33(30,31)8-7-15-5-4-6-18(23)9-15/h4-6,9-10,17H,3,7-8,12-13H2,1-2H3,(H,26,28). The lowest BCUT2D eigenvalue weighted by Gasteiger charge is -2.39. The second kappa shape index (κ2) is 9.95. The third-order valence-corrected chi connectivity index (χ3v) is 6.42. The maximum atomic E-state index is 13.2. The highest BCUT2D eigenvalue weighted by Gasteiger charge is 2.36. The van der Waals surface area contributed by atoms with Gasteiger partial charge in [0, 0.05) is 13.1 Å². The van der Waals surface area contributed by atoms with Gasteiger partial charge in [0.2, 0.25) is 15.9 Å². The Labute approximate surface area is 191 Å². The Hall–Kier alpha value is -3.52. The molecule has 33 heavy (non-hydrogen) atoms. The molecule has 0 spiro atoms. The molecule has 0 bridgehead atoms. The zero-order chi connectivity index (χ0) is 24.2. The molecule has 9 nitrogen and oxygen atoms in total. The van der Waals surface area contributed by atoms with E-state index in [0.717, 1.165) is 0 Å². The van der Waals surface area contributed by atoms with E-state index in [1.807, 2.05) is 6.07 Å². The maximum absolute atomic E-state index is 13.2. The van der Waals surface area contributed by atoms with E-state index in [1.165, 1.54) is 24.3 Å². The molecule has 2 aromatic rings. The maximum Gasteiger partial charge on any atom is 0.340 e. The van der Waals surface area contributed by atoms with Gasteiger partial charge in [-0.1, -0.05) is 12.1 Å². The third-order valence-electron chi connectivity index (χ3n) is 5.17. The van der Waals surface area contributed by atoms with Crippen LogP contribution in [0.2, 0.25) is 0 Å². The van der Waals surface area contributed by atoms with Crippen molar-refractivity contribution in [2.75, 3.05) is 30.3 Å². The molecule has 0 radical (unpaired) electrons. The number of hydrogen-bond donors (Lipinski definition) is 1. The predicted molar refractivity (Wildman–Crippen MR) is 117 cm³/mol. The molecule has 0 aliphatic carbocycles. The first-order valence-corrected chi connectivity index (χ1v) is 11.9. The molecule has 1 aromatic heterocycles. The number of nitriles is 1. The van der Waals surface area contributed by atoms with Crippen LogP contribution in [0, 0.1) is 30.0 Å². The molecular formula is C22H23FN4O5S.